The van der Waals surface area contributed by atoms with Gasteiger partial charge in [-0.05, 0) is 30.2 Å². The van der Waals surface area contributed by atoms with Gasteiger partial charge in [-0.3, -0.25) is 14.4 Å². The van der Waals surface area contributed by atoms with Crippen molar-refractivity contribution in [2.75, 3.05) is 13.1 Å². The summed E-state index contributed by atoms with van der Waals surface area (Å²) in [7, 11) is 0. The molecular formula is C16H19ClF3N3O3. The molecule has 26 heavy (non-hydrogen) atoms. The molecular weight excluding hydrogens is 375 g/mol. The molecule has 1 unspecified atom stereocenters. The number of rotatable bonds is 7. The summed E-state index contributed by atoms with van der Waals surface area (Å²) in [6.07, 6.45) is -4.54. The highest BCUT2D eigenvalue weighted by Crippen LogP contribution is 2.12. The first-order valence-electron chi connectivity index (χ1n) is 7.67. The van der Waals surface area contributed by atoms with Crippen molar-refractivity contribution in [3.05, 3.63) is 34.9 Å². The van der Waals surface area contributed by atoms with Crippen molar-refractivity contribution in [1.29, 1.82) is 0 Å². The number of amides is 3. The molecule has 0 spiro atoms. The van der Waals surface area contributed by atoms with Crippen LogP contribution in [0.15, 0.2) is 24.3 Å². The molecule has 0 aliphatic rings. The van der Waals surface area contributed by atoms with Crippen LogP contribution in [-0.4, -0.2) is 43.0 Å². The summed E-state index contributed by atoms with van der Waals surface area (Å²) in [5.41, 5.74) is 0.288. The van der Waals surface area contributed by atoms with Crippen molar-refractivity contribution < 1.29 is 27.6 Å². The second-order valence-corrected chi connectivity index (χ2v) is 6.25. The van der Waals surface area contributed by atoms with Gasteiger partial charge >= 0.3 is 6.18 Å². The molecule has 0 aliphatic heterocycles. The number of carbonyl (C=O) groups excluding carboxylic acids is 3. The van der Waals surface area contributed by atoms with Gasteiger partial charge in [0.15, 0.2) is 0 Å². The molecule has 6 nitrogen and oxygen atoms in total. The minimum absolute atomic E-state index is 0.288. The largest absolute Gasteiger partial charge is 0.405 e. The second kappa shape index (κ2) is 9.42. The second-order valence-electron chi connectivity index (χ2n) is 5.81. The topological polar surface area (TPSA) is 87.3 Å². The number of carbonyl (C=O) groups is 3. The average Bonchev–Trinajstić information content (AvgIpc) is 2.55. The zero-order chi connectivity index (χ0) is 19.9. The van der Waals surface area contributed by atoms with E-state index in [4.69, 9.17) is 11.6 Å². The van der Waals surface area contributed by atoms with E-state index in [-0.39, 0.29) is 11.5 Å². The lowest BCUT2D eigenvalue weighted by Crippen LogP contribution is -2.51. The summed E-state index contributed by atoms with van der Waals surface area (Å²) in [5.74, 6) is -2.49. The smallest absolute Gasteiger partial charge is 0.345 e. The molecule has 3 N–H and O–H groups in total. The standard InChI is InChI=1S/C16H19ClF3N3O3/c1-9(2)13(23-14(25)10-3-5-11(17)6-4-10)15(26)21-7-12(24)22-8-16(18,19)20/h3-6,9,13H,7-8H2,1-2H3,(H,21,26)(H,22,24)(H,23,25). The zero-order valence-electron chi connectivity index (χ0n) is 14.1. The first-order chi connectivity index (χ1) is 12.0. The molecule has 1 atom stereocenters. The molecule has 10 heteroatoms. The fourth-order valence-electron chi connectivity index (χ4n) is 1.90. The van der Waals surface area contributed by atoms with E-state index < -0.39 is 43.0 Å². The van der Waals surface area contributed by atoms with Crippen molar-refractivity contribution in [3.63, 3.8) is 0 Å². The van der Waals surface area contributed by atoms with E-state index in [0.717, 1.165) is 0 Å². The first-order valence-corrected chi connectivity index (χ1v) is 8.05. The molecule has 0 heterocycles. The number of alkyl halides is 3. The molecule has 0 fully saturated rings. The fraction of sp³-hybridized carbons (Fsp3) is 0.438. The zero-order valence-corrected chi connectivity index (χ0v) is 14.9. The molecule has 3 amide bonds. The fourth-order valence-corrected chi connectivity index (χ4v) is 2.03. The highest BCUT2D eigenvalue weighted by Gasteiger charge is 2.28. The van der Waals surface area contributed by atoms with Gasteiger partial charge in [-0.25, -0.2) is 0 Å². The minimum atomic E-state index is -4.54. The summed E-state index contributed by atoms with van der Waals surface area (Å²) in [5, 5.41) is 6.83. The predicted molar refractivity (Wildman–Crippen MR) is 89.6 cm³/mol. The van der Waals surface area contributed by atoms with Crippen LogP contribution in [0.4, 0.5) is 13.2 Å². The number of benzene rings is 1. The lowest BCUT2D eigenvalue weighted by molar-refractivity contribution is -0.138. The van der Waals surface area contributed by atoms with Crippen molar-refractivity contribution in [1.82, 2.24) is 16.0 Å². The number of nitrogens with one attached hydrogen (secondary N) is 3. The van der Waals surface area contributed by atoms with Crippen molar-refractivity contribution in [3.8, 4) is 0 Å². The molecule has 144 valence electrons. The van der Waals surface area contributed by atoms with Gasteiger partial charge in [0, 0.05) is 10.6 Å². The Balaban J connectivity index is 2.60. The van der Waals surface area contributed by atoms with Crippen molar-refractivity contribution >= 4 is 29.3 Å². The lowest BCUT2D eigenvalue weighted by atomic mass is 10.0. The average molecular weight is 394 g/mol. The van der Waals surface area contributed by atoms with Crippen LogP contribution >= 0.6 is 11.6 Å². The van der Waals surface area contributed by atoms with Crippen LogP contribution in [0.3, 0.4) is 0 Å². The van der Waals surface area contributed by atoms with Crippen LogP contribution in [0.1, 0.15) is 24.2 Å². The molecule has 0 bridgehead atoms. The van der Waals surface area contributed by atoms with Crippen LogP contribution in [0.5, 0.6) is 0 Å². The Kier molecular flexibility index (Phi) is 7.88. The molecule has 1 aromatic carbocycles. The lowest BCUT2D eigenvalue weighted by Gasteiger charge is -2.21. The van der Waals surface area contributed by atoms with E-state index in [1.165, 1.54) is 24.3 Å². The third-order valence-electron chi connectivity index (χ3n) is 3.25. The van der Waals surface area contributed by atoms with Gasteiger partial charge in [0.1, 0.15) is 12.6 Å². The maximum Gasteiger partial charge on any atom is 0.405 e. The van der Waals surface area contributed by atoms with Gasteiger partial charge < -0.3 is 16.0 Å². The van der Waals surface area contributed by atoms with Crippen molar-refractivity contribution in [2.45, 2.75) is 26.1 Å². The summed E-state index contributed by atoms with van der Waals surface area (Å²) in [6.45, 7) is 1.24. The summed E-state index contributed by atoms with van der Waals surface area (Å²) < 4.78 is 36.1. The van der Waals surface area contributed by atoms with Gasteiger partial charge in [-0.1, -0.05) is 25.4 Å². The van der Waals surface area contributed by atoms with Crippen LogP contribution in [0, 0.1) is 5.92 Å². The molecule has 0 saturated carbocycles. The molecule has 1 aromatic rings. The molecule has 0 radical (unpaired) electrons. The number of hydrogen-bond acceptors (Lipinski definition) is 3. The van der Waals surface area contributed by atoms with Gasteiger partial charge in [0.2, 0.25) is 11.8 Å². The van der Waals surface area contributed by atoms with Crippen LogP contribution in [0.25, 0.3) is 0 Å². The maximum atomic E-state index is 12.2. The summed E-state index contributed by atoms with van der Waals surface area (Å²) in [4.78, 5) is 35.7. The van der Waals surface area contributed by atoms with E-state index in [0.29, 0.717) is 5.02 Å². The van der Waals surface area contributed by atoms with Gasteiger partial charge in [-0.2, -0.15) is 13.2 Å². The highest BCUT2D eigenvalue weighted by molar-refractivity contribution is 6.30. The Morgan fingerprint density at radius 1 is 1.08 bits per heavy atom. The predicted octanol–water partition coefficient (Wildman–Crippen LogP) is 1.89. The van der Waals surface area contributed by atoms with Crippen LogP contribution < -0.4 is 16.0 Å². The summed E-state index contributed by atoms with van der Waals surface area (Å²) in [6, 6.07) is 5.04. The normalized spacial score (nSPS) is 12.4. The van der Waals surface area contributed by atoms with E-state index >= 15 is 0 Å². The Hall–Kier alpha value is -2.29. The Bertz CT molecular complexity index is 648. The Morgan fingerprint density at radius 3 is 2.15 bits per heavy atom. The molecule has 0 aliphatic carbocycles. The van der Waals surface area contributed by atoms with Gasteiger partial charge in [0.05, 0.1) is 6.54 Å². The number of hydrogen-bond donors (Lipinski definition) is 3. The first kappa shape index (κ1) is 21.8. The Labute approximate surface area is 153 Å². The monoisotopic (exact) mass is 393 g/mol. The summed E-state index contributed by atoms with van der Waals surface area (Å²) >= 11 is 5.74. The SMILES string of the molecule is CC(C)C(NC(=O)c1ccc(Cl)cc1)C(=O)NCC(=O)NCC(F)(F)F. The quantitative estimate of drug-likeness (QED) is 0.661. The molecule has 0 aromatic heterocycles. The third-order valence-corrected chi connectivity index (χ3v) is 3.50. The minimum Gasteiger partial charge on any atom is -0.345 e. The van der Waals surface area contributed by atoms with Crippen molar-refractivity contribution in [2.24, 2.45) is 5.92 Å². The molecule has 1 rings (SSSR count). The maximum absolute atomic E-state index is 12.2. The Morgan fingerprint density at radius 2 is 1.65 bits per heavy atom. The molecule has 0 saturated heterocycles. The van der Waals surface area contributed by atoms with Gasteiger partial charge in [-0.15, -0.1) is 0 Å². The van der Waals surface area contributed by atoms with E-state index in [9.17, 15) is 27.6 Å². The van der Waals surface area contributed by atoms with Crippen LogP contribution in [0.2, 0.25) is 5.02 Å². The van der Waals surface area contributed by atoms with Crippen LogP contribution in [-0.2, 0) is 9.59 Å². The highest BCUT2D eigenvalue weighted by atomic mass is 35.5. The number of halogens is 4. The van der Waals surface area contributed by atoms with E-state index in [1.807, 2.05) is 0 Å². The van der Waals surface area contributed by atoms with Gasteiger partial charge in [0.25, 0.3) is 5.91 Å². The van der Waals surface area contributed by atoms with E-state index in [1.54, 1.807) is 19.2 Å². The van der Waals surface area contributed by atoms with E-state index in [2.05, 4.69) is 10.6 Å². The third kappa shape index (κ3) is 7.73.